The maximum absolute atomic E-state index is 13.2. The molecule has 2 aromatic rings. The Kier molecular flexibility index (Phi) is 10.3. The normalized spacial score (nSPS) is 15.4. The Morgan fingerprint density at radius 1 is 1.03 bits per heavy atom. The molecule has 1 amide bonds. The molecule has 0 aromatic heterocycles. The van der Waals surface area contributed by atoms with Crippen LogP contribution in [0.4, 0.5) is 11.4 Å². The zero-order valence-corrected chi connectivity index (χ0v) is 21.6. The summed E-state index contributed by atoms with van der Waals surface area (Å²) < 4.78 is 5.27. The van der Waals surface area contributed by atoms with Gasteiger partial charge in [-0.05, 0) is 75.9 Å². The van der Waals surface area contributed by atoms with Gasteiger partial charge >= 0.3 is 5.97 Å². The highest BCUT2D eigenvalue weighted by Gasteiger charge is 2.20. The van der Waals surface area contributed by atoms with Crippen LogP contribution in [0.1, 0.15) is 66.3 Å². The molecular weight excluding hydrogens is 458 g/mol. The summed E-state index contributed by atoms with van der Waals surface area (Å²) in [5, 5.41) is 22.5. The van der Waals surface area contributed by atoms with Crippen molar-refractivity contribution < 1.29 is 24.5 Å². The van der Waals surface area contributed by atoms with Gasteiger partial charge in [0.05, 0.1) is 30.1 Å². The van der Waals surface area contributed by atoms with Gasteiger partial charge in [-0.3, -0.25) is 9.69 Å². The molecule has 1 aliphatic rings. The Bertz CT molecular complexity index is 1010. The standard InChI is InChI=1S/C28H39N3O5/c1-4-36-28(35)25-16-24(31-13-6-5-7-14-31)11-12-26(25)29-27(34)23-10-8-9-22(15-23)19-30(17-20(2)32)18-21(3)33/h8-12,15-16,20-21,32-33H,4-7,13-14,17-19H2,1-3H3,(H,29,34). The maximum Gasteiger partial charge on any atom is 0.340 e. The topological polar surface area (TPSA) is 102 Å². The molecule has 3 N–H and O–H groups in total. The van der Waals surface area contributed by atoms with Crippen molar-refractivity contribution in [3.8, 4) is 0 Å². The lowest BCUT2D eigenvalue weighted by atomic mass is 10.1. The van der Waals surface area contributed by atoms with Crippen molar-refractivity contribution in [1.29, 1.82) is 0 Å². The zero-order chi connectivity index (χ0) is 26.1. The molecule has 3 rings (SSSR count). The SMILES string of the molecule is CCOC(=O)c1cc(N2CCCCC2)ccc1NC(=O)c1cccc(CN(CC(C)O)CC(C)O)c1. The van der Waals surface area contributed by atoms with Crippen LogP contribution in [-0.4, -0.2) is 72.0 Å². The number of aliphatic hydroxyl groups is 2. The monoisotopic (exact) mass is 497 g/mol. The number of carbonyl (C=O) groups is 2. The van der Waals surface area contributed by atoms with Crippen LogP contribution in [0.2, 0.25) is 0 Å². The third kappa shape index (κ3) is 8.05. The first-order chi connectivity index (χ1) is 17.3. The van der Waals surface area contributed by atoms with E-state index in [1.165, 1.54) is 6.42 Å². The Balaban J connectivity index is 1.79. The molecule has 1 saturated heterocycles. The van der Waals surface area contributed by atoms with Crippen molar-refractivity contribution >= 4 is 23.3 Å². The predicted octanol–water partition coefficient (Wildman–Crippen LogP) is 3.67. The van der Waals surface area contributed by atoms with Crippen LogP contribution in [-0.2, 0) is 11.3 Å². The molecule has 1 fully saturated rings. The van der Waals surface area contributed by atoms with Crippen molar-refractivity contribution in [2.24, 2.45) is 0 Å². The lowest BCUT2D eigenvalue weighted by Gasteiger charge is -2.29. The zero-order valence-electron chi connectivity index (χ0n) is 21.6. The molecule has 2 atom stereocenters. The number of piperidine rings is 1. The molecule has 0 aliphatic carbocycles. The number of carbonyl (C=O) groups excluding carboxylic acids is 2. The van der Waals surface area contributed by atoms with Gasteiger partial charge in [-0.2, -0.15) is 0 Å². The molecule has 8 heteroatoms. The van der Waals surface area contributed by atoms with E-state index in [0.717, 1.165) is 37.2 Å². The highest BCUT2D eigenvalue weighted by Crippen LogP contribution is 2.27. The van der Waals surface area contributed by atoms with Crippen LogP contribution in [0, 0.1) is 0 Å². The van der Waals surface area contributed by atoms with Crippen molar-refractivity contribution in [1.82, 2.24) is 4.90 Å². The predicted molar refractivity (Wildman–Crippen MR) is 141 cm³/mol. The highest BCUT2D eigenvalue weighted by molar-refractivity contribution is 6.08. The number of rotatable bonds is 11. The van der Waals surface area contributed by atoms with E-state index >= 15 is 0 Å². The summed E-state index contributed by atoms with van der Waals surface area (Å²) in [5.74, 6) is -0.793. The minimum atomic E-state index is -0.538. The van der Waals surface area contributed by atoms with Gasteiger partial charge in [0.2, 0.25) is 0 Å². The first-order valence-corrected chi connectivity index (χ1v) is 12.8. The number of esters is 1. The Labute approximate surface area is 213 Å². The summed E-state index contributed by atoms with van der Waals surface area (Å²) >= 11 is 0. The van der Waals surface area contributed by atoms with E-state index in [0.29, 0.717) is 36.4 Å². The first kappa shape index (κ1) is 27.6. The quantitative estimate of drug-likeness (QED) is 0.407. The van der Waals surface area contributed by atoms with E-state index in [1.54, 1.807) is 51.1 Å². The summed E-state index contributed by atoms with van der Waals surface area (Å²) in [6, 6.07) is 12.7. The fourth-order valence-electron chi connectivity index (χ4n) is 4.58. The molecule has 1 aliphatic heterocycles. The third-order valence-electron chi connectivity index (χ3n) is 6.11. The molecule has 0 spiro atoms. The smallest absolute Gasteiger partial charge is 0.340 e. The van der Waals surface area contributed by atoms with Gasteiger partial charge in [-0.15, -0.1) is 0 Å². The molecule has 0 radical (unpaired) electrons. The van der Waals surface area contributed by atoms with Crippen molar-refractivity contribution in [2.75, 3.05) is 43.0 Å². The molecule has 0 saturated carbocycles. The van der Waals surface area contributed by atoms with E-state index in [1.807, 2.05) is 17.0 Å². The van der Waals surface area contributed by atoms with Gasteiger partial charge in [0.1, 0.15) is 0 Å². The second-order valence-electron chi connectivity index (χ2n) is 9.54. The third-order valence-corrected chi connectivity index (χ3v) is 6.11. The second kappa shape index (κ2) is 13.4. The minimum Gasteiger partial charge on any atom is -0.462 e. The summed E-state index contributed by atoms with van der Waals surface area (Å²) in [6.07, 6.45) is 2.38. The van der Waals surface area contributed by atoms with E-state index in [4.69, 9.17) is 4.74 Å². The average molecular weight is 498 g/mol. The van der Waals surface area contributed by atoms with Gasteiger partial charge in [-0.25, -0.2) is 4.79 Å². The number of anilines is 2. The number of amides is 1. The largest absolute Gasteiger partial charge is 0.462 e. The van der Waals surface area contributed by atoms with Crippen LogP contribution >= 0.6 is 0 Å². The Hall–Kier alpha value is -2.94. The van der Waals surface area contributed by atoms with Gasteiger partial charge in [0.15, 0.2) is 0 Å². The molecule has 1 heterocycles. The summed E-state index contributed by atoms with van der Waals surface area (Å²) in [6.45, 7) is 8.61. The van der Waals surface area contributed by atoms with Crippen LogP contribution in [0.3, 0.4) is 0 Å². The Morgan fingerprint density at radius 2 is 1.72 bits per heavy atom. The molecule has 0 bridgehead atoms. The van der Waals surface area contributed by atoms with Crippen LogP contribution in [0.5, 0.6) is 0 Å². The molecule has 2 unspecified atom stereocenters. The molecule has 196 valence electrons. The number of hydrogen-bond donors (Lipinski definition) is 3. The van der Waals surface area contributed by atoms with E-state index in [-0.39, 0.29) is 12.5 Å². The fraction of sp³-hybridized carbons (Fsp3) is 0.500. The van der Waals surface area contributed by atoms with Gasteiger partial charge in [0.25, 0.3) is 5.91 Å². The molecule has 2 aromatic carbocycles. The van der Waals surface area contributed by atoms with Crippen LogP contribution < -0.4 is 10.2 Å². The fourth-order valence-corrected chi connectivity index (χ4v) is 4.58. The number of nitrogens with zero attached hydrogens (tertiary/aromatic N) is 2. The molecular formula is C28H39N3O5. The summed E-state index contributed by atoms with van der Waals surface area (Å²) in [4.78, 5) is 30.1. The van der Waals surface area contributed by atoms with Gasteiger partial charge in [0, 0.05) is 44.0 Å². The first-order valence-electron chi connectivity index (χ1n) is 12.8. The number of ether oxygens (including phenoxy) is 1. The van der Waals surface area contributed by atoms with Crippen molar-refractivity contribution in [3.05, 3.63) is 59.2 Å². The Morgan fingerprint density at radius 3 is 2.36 bits per heavy atom. The van der Waals surface area contributed by atoms with Gasteiger partial charge in [-0.1, -0.05) is 12.1 Å². The van der Waals surface area contributed by atoms with Crippen LogP contribution in [0.15, 0.2) is 42.5 Å². The van der Waals surface area contributed by atoms with Crippen molar-refractivity contribution in [3.63, 3.8) is 0 Å². The lowest BCUT2D eigenvalue weighted by Crippen LogP contribution is -2.35. The number of benzene rings is 2. The van der Waals surface area contributed by atoms with Gasteiger partial charge < -0.3 is 25.2 Å². The average Bonchev–Trinajstić information content (AvgIpc) is 2.84. The lowest BCUT2D eigenvalue weighted by molar-refractivity contribution is 0.0527. The van der Waals surface area contributed by atoms with Crippen LogP contribution in [0.25, 0.3) is 0 Å². The van der Waals surface area contributed by atoms with E-state index in [2.05, 4.69) is 10.2 Å². The summed E-state index contributed by atoms with van der Waals surface area (Å²) in [5.41, 5.74) is 3.04. The minimum absolute atomic E-state index is 0.248. The van der Waals surface area contributed by atoms with E-state index < -0.39 is 18.2 Å². The highest BCUT2D eigenvalue weighted by atomic mass is 16.5. The number of nitrogens with one attached hydrogen (secondary N) is 1. The number of aliphatic hydroxyl groups excluding tert-OH is 2. The van der Waals surface area contributed by atoms with E-state index in [9.17, 15) is 19.8 Å². The molecule has 36 heavy (non-hydrogen) atoms. The maximum atomic E-state index is 13.2. The van der Waals surface area contributed by atoms with Crippen molar-refractivity contribution in [2.45, 2.75) is 58.8 Å². The number of hydrogen-bond acceptors (Lipinski definition) is 7. The summed E-state index contributed by atoms with van der Waals surface area (Å²) in [7, 11) is 0. The molecule has 8 nitrogen and oxygen atoms in total. The second-order valence-corrected chi connectivity index (χ2v) is 9.54.